The van der Waals surface area contributed by atoms with Crippen molar-refractivity contribution in [2.75, 3.05) is 33.3 Å². The summed E-state index contributed by atoms with van der Waals surface area (Å²) in [4.78, 5) is 2.48. The Balaban J connectivity index is 1.85. The Morgan fingerprint density at radius 2 is 2.19 bits per heavy atom. The van der Waals surface area contributed by atoms with Gasteiger partial charge < -0.3 is 25.9 Å². The summed E-state index contributed by atoms with van der Waals surface area (Å²) in [6, 6.07) is 5.68. The number of hydrogen-bond acceptors (Lipinski definition) is 5. The quantitative estimate of drug-likeness (QED) is 0.229. The van der Waals surface area contributed by atoms with Gasteiger partial charge in [0.15, 0.2) is 5.84 Å². The van der Waals surface area contributed by atoms with Crippen LogP contribution in [0.5, 0.6) is 5.75 Å². The molecule has 0 spiro atoms. The third-order valence-corrected chi connectivity index (χ3v) is 3.78. The van der Waals surface area contributed by atoms with Gasteiger partial charge in [0, 0.05) is 19.6 Å². The number of amidine groups is 1. The molecule has 21 heavy (non-hydrogen) atoms. The van der Waals surface area contributed by atoms with E-state index in [0.29, 0.717) is 11.3 Å². The third-order valence-electron chi connectivity index (χ3n) is 3.78. The van der Waals surface area contributed by atoms with Crippen LogP contribution < -0.4 is 15.8 Å². The SMILES string of the molecule is COc1cc(CNCCN2CCCC2)ccc1/C(N)=N/O. The van der Waals surface area contributed by atoms with Crippen molar-refractivity contribution in [2.45, 2.75) is 19.4 Å². The molecule has 1 heterocycles. The molecule has 1 aliphatic rings. The van der Waals surface area contributed by atoms with Crippen LogP contribution in [0.25, 0.3) is 0 Å². The number of nitrogens with zero attached hydrogens (tertiary/aromatic N) is 2. The molecule has 1 aliphatic heterocycles. The van der Waals surface area contributed by atoms with Crippen molar-refractivity contribution in [3.05, 3.63) is 29.3 Å². The highest BCUT2D eigenvalue weighted by molar-refractivity contribution is 5.99. The maximum Gasteiger partial charge on any atom is 0.173 e. The van der Waals surface area contributed by atoms with Crippen LogP contribution in [-0.2, 0) is 6.54 Å². The Bertz CT molecular complexity index is 485. The number of nitrogens with two attached hydrogens (primary N) is 1. The van der Waals surface area contributed by atoms with Gasteiger partial charge in [0.1, 0.15) is 5.75 Å². The van der Waals surface area contributed by atoms with Crippen LogP contribution in [0.15, 0.2) is 23.4 Å². The molecule has 0 radical (unpaired) electrons. The van der Waals surface area contributed by atoms with E-state index in [9.17, 15) is 0 Å². The van der Waals surface area contributed by atoms with Crippen LogP contribution in [0.4, 0.5) is 0 Å². The molecular formula is C15H24N4O2. The lowest BCUT2D eigenvalue weighted by atomic mass is 10.1. The molecule has 0 aromatic heterocycles. The molecule has 6 heteroatoms. The topological polar surface area (TPSA) is 83.1 Å². The zero-order valence-electron chi connectivity index (χ0n) is 12.5. The number of rotatable bonds is 7. The first-order valence-electron chi connectivity index (χ1n) is 7.32. The fourth-order valence-corrected chi connectivity index (χ4v) is 2.59. The summed E-state index contributed by atoms with van der Waals surface area (Å²) in [6.45, 7) is 5.30. The van der Waals surface area contributed by atoms with Crippen LogP contribution in [0.3, 0.4) is 0 Å². The molecule has 1 saturated heterocycles. The van der Waals surface area contributed by atoms with Gasteiger partial charge in [-0.1, -0.05) is 11.2 Å². The Kier molecular flexibility index (Phi) is 5.83. The smallest absolute Gasteiger partial charge is 0.173 e. The molecule has 1 aromatic rings. The van der Waals surface area contributed by atoms with E-state index in [1.165, 1.54) is 25.9 Å². The third kappa shape index (κ3) is 4.34. The molecule has 0 saturated carbocycles. The molecule has 0 bridgehead atoms. The van der Waals surface area contributed by atoms with E-state index in [4.69, 9.17) is 15.7 Å². The molecular weight excluding hydrogens is 268 g/mol. The molecule has 0 amide bonds. The predicted molar refractivity (Wildman–Crippen MR) is 82.9 cm³/mol. The summed E-state index contributed by atoms with van der Waals surface area (Å²) in [5, 5.41) is 15.2. The van der Waals surface area contributed by atoms with Gasteiger partial charge in [-0.2, -0.15) is 0 Å². The maximum atomic E-state index is 8.75. The van der Waals surface area contributed by atoms with E-state index in [-0.39, 0.29) is 5.84 Å². The second-order valence-electron chi connectivity index (χ2n) is 5.25. The molecule has 0 atom stereocenters. The second-order valence-corrected chi connectivity index (χ2v) is 5.25. The monoisotopic (exact) mass is 292 g/mol. The highest BCUT2D eigenvalue weighted by atomic mass is 16.5. The lowest BCUT2D eigenvalue weighted by Crippen LogP contribution is -2.29. The molecule has 6 nitrogen and oxygen atoms in total. The van der Waals surface area contributed by atoms with Gasteiger partial charge in [-0.25, -0.2) is 0 Å². The van der Waals surface area contributed by atoms with Gasteiger partial charge in [0.25, 0.3) is 0 Å². The van der Waals surface area contributed by atoms with Crippen molar-refractivity contribution >= 4 is 5.84 Å². The van der Waals surface area contributed by atoms with Gasteiger partial charge in [0.2, 0.25) is 0 Å². The zero-order valence-corrected chi connectivity index (χ0v) is 12.5. The number of methoxy groups -OCH3 is 1. The van der Waals surface area contributed by atoms with E-state index in [1.54, 1.807) is 7.11 Å². The van der Waals surface area contributed by atoms with E-state index >= 15 is 0 Å². The minimum Gasteiger partial charge on any atom is -0.496 e. The van der Waals surface area contributed by atoms with Crippen molar-refractivity contribution in [3.8, 4) is 5.75 Å². The van der Waals surface area contributed by atoms with Crippen molar-refractivity contribution in [3.63, 3.8) is 0 Å². The molecule has 4 N–H and O–H groups in total. The average molecular weight is 292 g/mol. The summed E-state index contributed by atoms with van der Waals surface area (Å²) >= 11 is 0. The Morgan fingerprint density at radius 1 is 1.43 bits per heavy atom. The molecule has 1 aromatic carbocycles. The first-order valence-corrected chi connectivity index (χ1v) is 7.32. The van der Waals surface area contributed by atoms with Crippen LogP contribution in [-0.4, -0.2) is 49.2 Å². The van der Waals surface area contributed by atoms with Crippen LogP contribution in [0.2, 0.25) is 0 Å². The van der Waals surface area contributed by atoms with Gasteiger partial charge in [-0.05, 0) is 43.6 Å². The van der Waals surface area contributed by atoms with Gasteiger partial charge in [-0.3, -0.25) is 0 Å². The minimum atomic E-state index is 0.0559. The number of benzene rings is 1. The molecule has 116 valence electrons. The number of hydrogen-bond donors (Lipinski definition) is 3. The number of nitrogens with one attached hydrogen (secondary N) is 1. The van der Waals surface area contributed by atoms with Gasteiger partial charge in [0.05, 0.1) is 12.7 Å². The summed E-state index contributed by atoms with van der Waals surface area (Å²) in [7, 11) is 1.58. The molecule has 1 fully saturated rings. The first-order chi connectivity index (χ1) is 10.2. The van der Waals surface area contributed by atoms with Crippen molar-refractivity contribution in [2.24, 2.45) is 10.9 Å². The lowest BCUT2D eigenvalue weighted by molar-refractivity contribution is 0.318. The van der Waals surface area contributed by atoms with Crippen molar-refractivity contribution in [1.82, 2.24) is 10.2 Å². The highest BCUT2D eigenvalue weighted by Gasteiger charge is 2.11. The van der Waals surface area contributed by atoms with E-state index in [1.807, 2.05) is 18.2 Å². The fraction of sp³-hybridized carbons (Fsp3) is 0.533. The molecule has 0 aliphatic carbocycles. The zero-order chi connectivity index (χ0) is 15.1. The largest absolute Gasteiger partial charge is 0.496 e. The fourth-order valence-electron chi connectivity index (χ4n) is 2.59. The minimum absolute atomic E-state index is 0.0559. The van der Waals surface area contributed by atoms with Crippen LogP contribution >= 0.6 is 0 Å². The Hall–Kier alpha value is -1.79. The van der Waals surface area contributed by atoms with Crippen molar-refractivity contribution < 1.29 is 9.94 Å². The van der Waals surface area contributed by atoms with Crippen LogP contribution in [0.1, 0.15) is 24.0 Å². The van der Waals surface area contributed by atoms with E-state index in [2.05, 4.69) is 15.4 Å². The van der Waals surface area contributed by atoms with E-state index in [0.717, 1.165) is 25.2 Å². The average Bonchev–Trinajstić information content (AvgIpc) is 3.04. The lowest BCUT2D eigenvalue weighted by Gasteiger charge is -2.15. The van der Waals surface area contributed by atoms with Gasteiger partial charge >= 0.3 is 0 Å². The summed E-state index contributed by atoms with van der Waals surface area (Å²) < 4.78 is 5.29. The van der Waals surface area contributed by atoms with Gasteiger partial charge in [-0.15, -0.1) is 0 Å². The summed E-state index contributed by atoms with van der Waals surface area (Å²) in [6.07, 6.45) is 2.65. The first kappa shape index (κ1) is 15.6. The number of oxime groups is 1. The summed E-state index contributed by atoms with van der Waals surface area (Å²) in [5.74, 6) is 0.671. The predicted octanol–water partition coefficient (Wildman–Crippen LogP) is 0.975. The summed E-state index contributed by atoms with van der Waals surface area (Å²) in [5.41, 5.74) is 7.32. The van der Waals surface area contributed by atoms with E-state index < -0.39 is 0 Å². The number of likely N-dealkylation sites (tertiary alicyclic amines) is 1. The van der Waals surface area contributed by atoms with Crippen molar-refractivity contribution in [1.29, 1.82) is 0 Å². The normalized spacial score (nSPS) is 16.3. The maximum absolute atomic E-state index is 8.75. The van der Waals surface area contributed by atoms with Crippen LogP contribution in [0, 0.1) is 0 Å². The highest BCUT2D eigenvalue weighted by Crippen LogP contribution is 2.20. The molecule has 0 unspecified atom stereocenters. The second kappa shape index (κ2) is 7.85. The number of ether oxygens (including phenoxy) is 1. The Labute approximate surface area is 125 Å². The Morgan fingerprint density at radius 3 is 2.86 bits per heavy atom. The standard InChI is InChI=1S/C15H24N4O2/c1-21-14-10-12(4-5-13(14)15(16)18-20)11-17-6-9-19-7-2-3-8-19/h4-5,10,17,20H,2-3,6-9,11H2,1H3,(H2,16,18). The molecule has 2 rings (SSSR count).